The van der Waals surface area contributed by atoms with Crippen LogP contribution in [0.3, 0.4) is 0 Å². The molecule has 1 fully saturated rings. The summed E-state index contributed by atoms with van der Waals surface area (Å²) in [6, 6.07) is 0.635. The van der Waals surface area contributed by atoms with Gasteiger partial charge in [0.2, 0.25) is 0 Å². The highest BCUT2D eigenvalue weighted by Crippen LogP contribution is 2.22. The van der Waals surface area contributed by atoms with Crippen molar-refractivity contribution in [3.63, 3.8) is 0 Å². The standard InChI is InChI=1S/C12H26N2/c1-10(2)8-14-9-11(3)13-7-6-12(14,4)5/h10-11,13H,6-9H2,1-5H3. The second-order valence-electron chi connectivity index (χ2n) is 5.72. The van der Waals surface area contributed by atoms with Crippen molar-refractivity contribution in [2.24, 2.45) is 5.92 Å². The molecule has 84 valence electrons. The lowest BCUT2D eigenvalue weighted by molar-refractivity contribution is 0.106. The van der Waals surface area contributed by atoms with E-state index in [4.69, 9.17) is 0 Å². The van der Waals surface area contributed by atoms with Gasteiger partial charge in [0, 0.05) is 24.7 Å². The molecule has 1 N–H and O–H groups in total. The lowest BCUT2D eigenvalue weighted by Crippen LogP contribution is -2.47. The summed E-state index contributed by atoms with van der Waals surface area (Å²) in [6.07, 6.45) is 1.25. The van der Waals surface area contributed by atoms with Gasteiger partial charge in [-0.05, 0) is 39.7 Å². The lowest BCUT2D eigenvalue weighted by Gasteiger charge is -2.38. The normalized spacial score (nSPS) is 29.1. The largest absolute Gasteiger partial charge is 0.313 e. The number of hydrogen-bond acceptors (Lipinski definition) is 2. The predicted molar refractivity (Wildman–Crippen MR) is 62.6 cm³/mol. The summed E-state index contributed by atoms with van der Waals surface area (Å²) < 4.78 is 0. The minimum absolute atomic E-state index is 0.363. The van der Waals surface area contributed by atoms with Crippen LogP contribution in [0.4, 0.5) is 0 Å². The van der Waals surface area contributed by atoms with Gasteiger partial charge < -0.3 is 5.32 Å². The van der Waals surface area contributed by atoms with Gasteiger partial charge in [-0.25, -0.2) is 0 Å². The molecule has 0 aromatic rings. The average Bonchev–Trinajstić information content (AvgIpc) is 2.11. The molecule has 0 aliphatic carbocycles. The van der Waals surface area contributed by atoms with E-state index in [1.807, 2.05) is 0 Å². The summed E-state index contributed by atoms with van der Waals surface area (Å²) >= 11 is 0. The van der Waals surface area contributed by atoms with Gasteiger partial charge in [0.25, 0.3) is 0 Å². The summed E-state index contributed by atoms with van der Waals surface area (Å²) in [5, 5.41) is 3.56. The number of nitrogens with one attached hydrogen (secondary N) is 1. The first-order valence-electron chi connectivity index (χ1n) is 5.90. The Labute approximate surface area is 89.1 Å². The molecule has 1 aliphatic rings. The Hall–Kier alpha value is -0.0800. The minimum atomic E-state index is 0.363. The number of nitrogens with zero attached hydrogens (tertiary/aromatic N) is 1. The van der Waals surface area contributed by atoms with Crippen LogP contribution in [0.1, 0.15) is 41.0 Å². The third-order valence-corrected chi connectivity index (χ3v) is 3.17. The molecule has 0 bridgehead atoms. The van der Waals surface area contributed by atoms with Crippen LogP contribution in [0.5, 0.6) is 0 Å². The zero-order valence-electron chi connectivity index (χ0n) is 10.4. The Morgan fingerprint density at radius 3 is 2.64 bits per heavy atom. The van der Waals surface area contributed by atoms with Crippen molar-refractivity contribution in [1.29, 1.82) is 0 Å². The molecule has 1 aliphatic heterocycles. The minimum Gasteiger partial charge on any atom is -0.313 e. The van der Waals surface area contributed by atoms with E-state index < -0.39 is 0 Å². The molecule has 1 unspecified atom stereocenters. The molecule has 1 rings (SSSR count). The second kappa shape index (κ2) is 4.63. The van der Waals surface area contributed by atoms with Crippen molar-refractivity contribution in [3.05, 3.63) is 0 Å². The van der Waals surface area contributed by atoms with Crippen molar-refractivity contribution in [2.45, 2.75) is 52.6 Å². The summed E-state index contributed by atoms with van der Waals surface area (Å²) in [5.74, 6) is 0.763. The first-order chi connectivity index (χ1) is 6.42. The van der Waals surface area contributed by atoms with Crippen LogP contribution in [0.15, 0.2) is 0 Å². The van der Waals surface area contributed by atoms with Gasteiger partial charge in [-0.1, -0.05) is 13.8 Å². The van der Waals surface area contributed by atoms with Gasteiger partial charge in [0.05, 0.1) is 0 Å². The maximum absolute atomic E-state index is 3.56. The Kier molecular flexibility index (Phi) is 3.96. The first kappa shape index (κ1) is 12.0. The summed E-state index contributed by atoms with van der Waals surface area (Å²) in [7, 11) is 0. The molecular weight excluding hydrogens is 172 g/mol. The Morgan fingerprint density at radius 2 is 2.07 bits per heavy atom. The van der Waals surface area contributed by atoms with E-state index >= 15 is 0 Å². The van der Waals surface area contributed by atoms with Crippen LogP contribution in [0.2, 0.25) is 0 Å². The molecular formula is C12H26N2. The van der Waals surface area contributed by atoms with E-state index in [2.05, 4.69) is 44.8 Å². The number of rotatable bonds is 2. The third-order valence-electron chi connectivity index (χ3n) is 3.17. The molecule has 14 heavy (non-hydrogen) atoms. The zero-order chi connectivity index (χ0) is 10.8. The quantitative estimate of drug-likeness (QED) is 0.731. The maximum Gasteiger partial charge on any atom is 0.0166 e. The van der Waals surface area contributed by atoms with E-state index in [-0.39, 0.29) is 0 Å². The topological polar surface area (TPSA) is 15.3 Å². The van der Waals surface area contributed by atoms with E-state index in [0.29, 0.717) is 11.6 Å². The first-order valence-corrected chi connectivity index (χ1v) is 5.90. The Balaban J connectivity index is 2.64. The van der Waals surface area contributed by atoms with Crippen molar-refractivity contribution < 1.29 is 0 Å². The van der Waals surface area contributed by atoms with E-state index in [1.54, 1.807) is 0 Å². The van der Waals surface area contributed by atoms with Crippen LogP contribution < -0.4 is 5.32 Å². The molecule has 0 amide bonds. The Morgan fingerprint density at radius 1 is 1.43 bits per heavy atom. The molecule has 2 heteroatoms. The molecule has 1 heterocycles. The average molecular weight is 198 g/mol. The van der Waals surface area contributed by atoms with Crippen molar-refractivity contribution in [2.75, 3.05) is 19.6 Å². The van der Waals surface area contributed by atoms with Crippen molar-refractivity contribution >= 4 is 0 Å². The molecule has 0 radical (unpaired) electrons. The highest BCUT2D eigenvalue weighted by atomic mass is 15.2. The molecule has 2 nitrogen and oxygen atoms in total. The van der Waals surface area contributed by atoms with Crippen molar-refractivity contribution in [1.82, 2.24) is 10.2 Å². The summed E-state index contributed by atoms with van der Waals surface area (Å²) in [4.78, 5) is 2.64. The summed E-state index contributed by atoms with van der Waals surface area (Å²) in [6.45, 7) is 15.2. The van der Waals surface area contributed by atoms with Crippen molar-refractivity contribution in [3.8, 4) is 0 Å². The molecule has 0 spiro atoms. The monoisotopic (exact) mass is 198 g/mol. The van der Waals surface area contributed by atoms with Crippen LogP contribution in [0, 0.1) is 5.92 Å². The smallest absolute Gasteiger partial charge is 0.0166 e. The summed E-state index contributed by atoms with van der Waals surface area (Å²) in [5.41, 5.74) is 0.363. The second-order valence-corrected chi connectivity index (χ2v) is 5.72. The molecule has 0 saturated carbocycles. The van der Waals surface area contributed by atoms with E-state index in [9.17, 15) is 0 Å². The fourth-order valence-corrected chi connectivity index (χ4v) is 2.19. The fraction of sp³-hybridized carbons (Fsp3) is 1.00. The maximum atomic E-state index is 3.56. The van der Waals surface area contributed by atoms with E-state index in [1.165, 1.54) is 19.5 Å². The highest BCUT2D eigenvalue weighted by molar-refractivity contribution is 4.88. The van der Waals surface area contributed by atoms with Gasteiger partial charge in [0.15, 0.2) is 0 Å². The lowest BCUT2D eigenvalue weighted by atomic mass is 9.97. The fourth-order valence-electron chi connectivity index (χ4n) is 2.19. The van der Waals surface area contributed by atoms with Crippen LogP contribution in [-0.4, -0.2) is 36.1 Å². The predicted octanol–water partition coefficient (Wildman–Crippen LogP) is 2.10. The van der Waals surface area contributed by atoms with Gasteiger partial charge in [-0.3, -0.25) is 4.90 Å². The SMILES string of the molecule is CC(C)CN1CC(C)NCCC1(C)C. The van der Waals surface area contributed by atoms with Crippen LogP contribution in [0.25, 0.3) is 0 Å². The van der Waals surface area contributed by atoms with Gasteiger partial charge in [-0.2, -0.15) is 0 Å². The molecule has 0 aromatic heterocycles. The number of hydrogen-bond donors (Lipinski definition) is 1. The molecule has 0 aromatic carbocycles. The Bertz CT molecular complexity index is 175. The van der Waals surface area contributed by atoms with Gasteiger partial charge >= 0.3 is 0 Å². The van der Waals surface area contributed by atoms with Crippen LogP contribution >= 0.6 is 0 Å². The van der Waals surface area contributed by atoms with Gasteiger partial charge in [-0.15, -0.1) is 0 Å². The van der Waals surface area contributed by atoms with Crippen LogP contribution in [-0.2, 0) is 0 Å². The van der Waals surface area contributed by atoms with E-state index in [0.717, 1.165) is 12.5 Å². The molecule has 1 atom stereocenters. The third kappa shape index (κ3) is 3.25. The van der Waals surface area contributed by atoms with Gasteiger partial charge in [0.1, 0.15) is 0 Å². The zero-order valence-corrected chi connectivity index (χ0v) is 10.4. The highest BCUT2D eigenvalue weighted by Gasteiger charge is 2.30. The molecule has 1 saturated heterocycles.